The maximum absolute atomic E-state index is 12.9. The monoisotopic (exact) mass is 518 g/mol. The Labute approximate surface area is 214 Å². The highest BCUT2D eigenvalue weighted by atomic mass is 32.1. The predicted molar refractivity (Wildman–Crippen MR) is 137 cm³/mol. The van der Waals surface area contributed by atoms with Crippen molar-refractivity contribution in [3.05, 3.63) is 82.0 Å². The first-order valence-corrected chi connectivity index (χ1v) is 12.1. The van der Waals surface area contributed by atoms with Gasteiger partial charge in [0.1, 0.15) is 35.9 Å². The van der Waals surface area contributed by atoms with Gasteiger partial charge in [-0.1, -0.05) is 24.3 Å². The van der Waals surface area contributed by atoms with E-state index >= 15 is 0 Å². The van der Waals surface area contributed by atoms with Gasteiger partial charge in [-0.25, -0.2) is 10.1 Å². The molecule has 5 rings (SSSR count). The molecule has 0 unspecified atom stereocenters. The molecule has 5 aromatic rings. The molecule has 3 heterocycles. The molecule has 1 amide bonds. The van der Waals surface area contributed by atoms with Gasteiger partial charge in [-0.05, 0) is 35.4 Å². The Hall–Kier alpha value is -4.71. The summed E-state index contributed by atoms with van der Waals surface area (Å²) < 4.78 is 16.3. The van der Waals surface area contributed by atoms with Crippen molar-refractivity contribution in [1.82, 2.24) is 30.5 Å². The number of aromatic nitrogens is 5. The van der Waals surface area contributed by atoms with Gasteiger partial charge in [0.15, 0.2) is 0 Å². The maximum atomic E-state index is 12.9. The topological polar surface area (TPSA) is 144 Å². The Bertz CT molecular complexity index is 1580. The number of hydrogen-bond acceptors (Lipinski definition) is 9. The molecule has 0 aliphatic heterocycles. The highest BCUT2D eigenvalue weighted by molar-refractivity contribution is 7.17. The second-order valence-corrected chi connectivity index (χ2v) is 8.65. The molecule has 3 aromatic heterocycles. The fourth-order valence-corrected chi connectivity index (χ4v) is 4.58. The summed E-state index contributed by atoms with van der Waals surface area (Å²) in [5.41, 5.74) is 2.02. The van der Waals surface area contributed by atoms with Crippen LogP contribution in [-0.2, 0) is 6.54 Å². The van der Waals surface area contributed by atoms with E-state index in [1.807, 2.05) is 53.9 Å². The summed E-state index contributed by atoms with van der Waals surface area (Å²) in [5, 5.41) is 11.4. The van der Waals surface area contributed by atoms with Crippen LogP contribution in [0.3, 0.4) is 0 Å². The number of H-pyrrole nitrogens is 2. The molecule has 37 heavy (non-hydrogen) atoms. The number of benzene rings is 2. The van der Waals surface area contributed by atoms with E-state index in [0.29, 0.717) is 40.9 Å². The Morgan fingerprint density at radius 2 is 1.92 bits per heavy atom. The van der Waals surface area contributed by atoms with Gasteiger partial charge in [-0.3, -0.25) is 9.59 Å². The molecular formula is C25H22N6O5S. The molecule has 12 heteroatoms. The van der Waals surface area contributed by atoms with E-state index in [1.54, 1.807) is 7.11 Å². The molecule has 0 saturated carbocycles. The lowest BCUT2D eigenvalue weighted by Gasteiger charge is -2.09. The third-order valence-corrected chi connectivity index (χ3v) is 6.25. The van der Waals surface area contributed by atoms with Crippen molar-refractivity contribution >= 4 is 27.5 Å². The molecule has 2 aromatic carbocycles. The first-order chi connectivity index (χ1) is 18.1. The molecule has 188 valence electrons. The fourth-order valence-electron chi connectivity index (χ4n) is 3.63. The van der Waals surface area contributed by atoms with Crippen LogP contribution in [0, 0.1) is 0 Å². The van der Waals surface area contributed by atoms with Gasteiger partial charge in [0, 0.05) is 17.5 Å². The number of carbonyl (C=O) groups excluding carboxylic acids is 1. The molecule has 0 radical (unpaired) electrons. The van der Waals surface area contributed by atoms with E-state index in [9.17, 15) is 9.59 Å². The van der Waals surface area contributed by atoms with Crippen molar-refractivity contribution in [1.29, 1.82) is 0 Å². The molecular weight excluding hydrogens is 496 g/mol. The van der Waals surface area contributed by atoms with Crippen molar-refractivity contribution < 1.29 is 19.0 Å². The summed E-state index contributed by atoms with van der Waals surface area (Å²) in [6.07, 6.45) is 1.36. The number of aromatic amines is 2. The number of methoxy groups -OCH3 is 1. The fraction of sp³-hybridized carbons (Fsp3) is 0.160. The van der Waals surface area contributed by atoms with Crippen molar-refractivity contribution in [2.24, 2.45) is 0 Å². The summed E-state index contributed by atoms with van der Waals surface area (Å²) in [7, 11) is 1.59. The number of nitrogens with zero attached hydrogens (tertiary/aromatic N) is 3. The van der Waals surface area contributed by atoms with E-state index in [1.165, 1.54) is 17.7 Å². The Morgan fingerprint density at radius 3 is 2.76 bits per heavy atom. The van der Waals surface area contributed by atoms with Crippen molar-refractivity contribution in [2.45, 2.75) is 6.54 Å². The summed E-state index contributed by atoms with van der Waals surface area (Å²) in [6.45, 7) is 0.825. The summed E-state index contributed by atoms with van der Waals surface area (Å²) in [5.74, 6) is 0.784. The van der Waals surface area contributed by atoms with Crippen LogP contribution in [0.15, 0.2) is 65.0 Å². The van der Waals surface area contributed by atoms with Gasteiger partial charge >= 0.3 is 6.01 Å². The van der Waals surface area contributed by atoms with Crippen LogP contribution in [-0.4, -0.2) is 51.4 Å². The van der Waals surface area contributed by atoms with Crippen LogP contribution in [0.5, 0.6) is 17.5 Å². The summed E-state index contributed by atoms with van der Waals surface area (Å²) in [4.78, 5) is 37.0. The largest absolute Gasteiger partial charge is 0.497 e. The smallest absolute Gasteiger partial charge is 0.312 e. The number of thiophene rings is 1. The Kier molecular flexibility index (Phi) is 7.08. The molecule has 0 bridgehead atoms. The number of rotatable bonds is 10. The minimum absolute atomic E-state index is 0.0477. The lowest BCUT2D eigenvalue weighted by molar-refractivity contribution is 0.0940. The first-order valence-electron chi connectivity index (χ1n) is 11.2. The number of carbonyl (C=O) groups is 1. The lowest BCUT2D eigenvalue weighted by Crippen LogP contribution is -2.27. The van der Waals surface area contributed by atoms with Crippen molar-refractivity contribution in [3.8, 4) is 28.6 Å². The molecule has 0 fully saturated rings. The lowest BCUT2D eigenvalue weighted by atomic mass is 10.1. The Morgan fingerprint density at radius 1 is 1.08 bits per heavy atom. The average Bonchev–Trinajstić information content (AvgIpc) is 3.60. The Balaban J connectivity index is 1.22. The molecule has 11 nitrogen and oxygen atoms in total. The van der Waals surface area contributed by atoms with Gasteiger partial charge in [-0.15, -0.1) is 11.3 Å². The molecule has 0 aliphatic rings. The minimum Gasteiger partial charge on any atom is -0.497 e. The molecule has 3 N–H and O–H groups in total. The zero-order chi connectivity index (χ0) is 25.6. The second kappa shape index (κ2) is 10.9. The van der Waals surface area contributed by atoms with E-state index in [-0.39, 0.29) is 17.9 Å². The van der Waals surface area contributed by atoms with Gasteiger partial charge < -0.3 is 24.5 Å². The van der Waals surface area contributed by atoms with E-state index in [0.717, 1.165) is 16.7 Å². The standard InChI is InChI=1S/C25H22N6O5S/c1-34-17-6-3-5-16(11-17)19-13-37-24-20(19)22(32)29-21(30-24)23(33)26-12-15-4-2-7-18(10-15)35-8-9-36-25-27-14-28-31-25/h2-7,10-11,13-14H,8-9,12H2,1H3,(H,26,33)(H,27,28,31)(H,29,30,32). The van der Waals surface area contributed by atoms with E-state index in [4.69, 9.17) is 14.2 Å². The molecule has 0 saturated heterocycles. The number of ether oxygens (including phenoxy) is 3. The van der Waals surface area contributed by atoms with Crippen LogP contribution in [0.25, 0.3) is 21.3 Å². The summed E-state index contributed by atoms with van der Waals surface area (Å²) >= 11 is 1.30. The highest BCUT2D eigenvalue weighted by Gasteiger charge is 2.16. The van der Waals surface area contributed by atoms with Crippen molar-refractivity contribution in [3.63, 3.8) is 0 Å². The van der Waals surface area contributed by atoms with Gasteiger partial charge in [0.2, 0.25) is 5.82 Å². The normalized spacial score (nSPS) is 10.8. The van der Waals surface area contributed by atoms with Gasteiger partial charge in [0.25, 0.3) is 11.5 Å². The molecule has 0 spiro atoms. The number of nitrogens with one attached hydrogen (secondary N) is 3. The molecule has 0 aliphatic carbocycles. The SMILES string of the molecule is COc1cccc(-c2csc3nc(C(=O)NCc4cccc(OCCOc5ncn[nH]5)c4)[nH]c(=O)c23)c1. The van der Waals surface area contributed by atoms with Crippen LogP contribution < -0.4 is 25.1 Å². The zero-order valence-corrected chi connectivity index (χ0v) is 20.5. The van der Waals surface area contributed by atoms with Crippen LogP contribution >= 0.6 is 11.3 Å². The second-order valence-electron chi connectivity index (χ2n) is 7.79. The zero-order valence-electron chi connectivity index (χ0n) is 19.7. The predicted octanol–water partition coefficient (Wildman–Crippen LogP) is 3.17. The van der Waals surface area contributed by atoms with Crippen LogP contribution in [0.2, 0.25) is 0 Å². The minimum atomic E-state index is -0.484. The van der Waals surface area contributed by atoms with Gasteiger partial charge in [-0.2, -0.15) is 10.1 Å². The van der Waals surface area contributed by atoms with Crippen molar-refractivity contribution in [2.75, 3.05) is 20.3 Å². The van der Waals surface area contributed by atoms with Crippen LogP contribution in [0.1, 0.15) is 16.2 Å². The van der Waals surface area contributed by atoms with E-state index in [2.05, 4.69) is 30.5 Å². The summed E-state index contributed by atoms with van der Waals surface area (Å²) in [6, 6.07) is 15.1. The first kappa shape index (κ1) is 24.0. The van der Waals surface area contributed by atoms with E-state index < -0.39 is 5.91 Å². The van der Waals surface area contributed by atoms with Crippen LogP contribution in [0.4, 0.5) is 0 Å². The average molecular weight is 519 g/mol. The number of fused-ring (bicyclic) bond motifs is 1. The third-order valence-electron chi connectivity index (χ3n) is 5.38. The number of amides is 1. The highest BCUT2D eigenvalue weighted by Crippen LogP contribution is 2.32. The molecule has 0 atom stereocenters. The number of hydrogen-bond donors (Lipinski definition) is 3. The maximum Gasteiger partial charge on any atom is 0.312 e. The third kappa shape index (κ3) is 5.59. The quantitative estimate of drug-likeness (QED) is 0.239. The van der Waals surface area contributed by atoms with Gasteiger partial charge in [0.05, 0.1) is 12.5 Å².